The van der Waals surface area contributed by atoms with Gasteiger partial charge in [-0.1, -0.05) is 0 Å². The topological polar surface area (TPSA) is 90.9 Å². The Kier molecular flexibility index (Phi) is 8.78. The van der Waals surface area contributed by atoms with E-state index in [1.807, 2.05) is 33.0 Å². The number of fused-ring (bicyclic) bond motifs is 4. The van der Waals surface area contributed by atoms with Gasteiger partial charge >= 0.3 is 235 Å². The maximum atomic E-state index is 14.6. The average Bonchev–Trinajstić information content (AvgIpc) is 3.23. The van der Waals surface area contributed by atoms with E-state index in [4.69, 9.17) is 0 Å². The van der Waals surface area contributed by atoms with E-state index < -0.39 is 31.6 Å². The van der Waals surface area contributed by atoms with Gasteiger partial charge in [-0.05, 0) is 0 Å². The first-order valence-electron chi connectivity index (χ1n) is 11.3. The van der Waals surface area contributed by atoms with Crippen molar-refractivity contribution >= 4 is 60.0 Å². The number of halogens is 5. The first-order chi connectivity index (χ1) is 17.6. The molecule has 2 aliphatic rings. The summed E-state index contributed by atoms with van der Waals surface area (Å²) in [5.41, 5.74) is -0.0136. The van der Waals surface area contributed by atoms with E-state index in [1.54, 1.807) is 35.4 Å². The summed E-state index contributed by atoms with van der Waals surface area (Å²) in [5.74, 6) is 0. The molecule has 0 saturated heterocycles. The van der Waals surface area contributed by atoms with E-state index >= 15 is 0 Å². The molecule has 2 aliphatic carbocycles. The van der Waals surface area contributed by atoms with Gasteiger partial charge in [0.1, 0.15) is 0 Å². The third kappa shape index (κ3) is 5.51. The van der Waals surface area contributed by atoms with Crippen LogP contribution >= 0.6 is 42.7 Å². The zero-order chi connectivity index (χ0) is 26.8. The molecule has 0 radical (unpaired) electrons. The zero-order valence-corrected chi connectivity index (χ0v) is 24.2. The quantitative estimate of drug-likeness (QED) is 0.197. The zero-order valence-electron chi connectivity index (χ0n) is 19.9. The first kappa shape index (κ1) is 28.2. The Balaban J connectivity index is 2.05. The predicted octanol–water partition coefficient (Wildman–Crippen LogP) is 5.24. The number of nitrogens with zero attached hydrogens (tertiary/aromatic N) is 3. The number of rotatable bonds is 8. The van der Waals surface area contributed by atoms with Crippen molar-refractivity contribution < 1.29 is 28.5 Å². The van der Waals surface area contributed by atoms with E-state index in [1.165, 1.54) is 18.2 Å². The van der Waals surface area contributed by atoms with Crippen molar-refractivity contribution in [1.82, 2.24) is 9.78 Å². The number of allylic oxidation sites excluding steroid dienone is 6. The summed E-state index contributed by atoms with van der Waals surface area (Å²) in [4.78, 5) is 2.06. The van der Waals surface area contributed by atoms with Crippen molar-refractivity contribution in [2.45, 2.75) is 24.7 Å². The Hall–Kier alpha value is -1.81. The molecule has 0 aliphatic heterocycles. The minimum atomic E-state index is -4.94. The summed E-state index contributed by atoms with van der Waals surface area (Å²) in [5, 5.41) is 34.4. The van der Waals surface area contributed by atoms with Crippen molar-refractivity contribution in [3.05, 3.63) is 86.3 Å². The van der Waals surface area contributed by atoms with E-state index in [0.29, 0.717) is 37.8 Å². The number of aliphatic hydroxyl groups excluding tert-OH is 2. The molecule has 6 nitrogen and oxygen atoms in total. The minimum absolute atomic E-state index is 0.0368. The van der Waals surface area contributed by atoms with E-state index in [-0.39, 0.29) is 37.3 Å². The molecule has 3 N–H and O–H groups in total. The average molecular weight is 739 g/mol. The molecule has 0 spiro atoms. The van der Waals surface area contributed by atoms with Crippen LogP contribution in [0.5, 0.6) is 0 Å². The Bertz CT molecular complexity index is 1330. The van der Waals surface area contributed by atoms with Gasteiger partial charge in [0.15, 0.2) is 0 Å². The predicted molar refractivity (Wildman–Crippen MR) is 156 cm³/mol. The van der Waals surface area contributed by atoms with Gasteiger partial charge in [0.2, 0.25) is 0 Å². The van der Waals surface area contributed by atoms with Crippen LogP contribution in [0, 0.1) is 0 Å². The van der Waals surface area contributed by atoms with Crippen LogP contribution in [0.2, 0.25) is 0 Å². The summed E-state index contributed by atoms with van der Waals surface area (Å²) in [6, 6.07) is 6.10. The number of hydrogen-bond donors (Lipinski definition) is 3. The SMILES string of the molecule is CI(/C=C(\C=NI)C1=CC(c2cnn(CCO)c2)=C2CC(=C1)C(O)(C(F)(F)F)c1ccccc12)CCO. The van der Waals surface area contributed by atoms with E-state index in [9.17, 15) is 28.5 Å². The Morgan fingerprint density at radius 2 is 2.00 bits per heavy atom. The molecule has 2 bridgehead atoms. The van der Waals surface area contributed by atoms with Gasteiger partial charge < -0.3 is 0 Å². The van der Waals surface area contributed by atoms with Crippen molar-refractivity contribution in [2.75, 3.05) is 22.6 Å². The monoisotopic (exact) mass is 739 g/mol. The van der Waals surface area contributed by atoms with Gasteiger partial charge in [-0.15, -0.1) is 0 Å². The normalized spacial score (nSPS) is 20.5. The molecule has 2 aromatic rings. The van der Waals surface area contributed by atoms with Gasteiger partial charge in [0, 0.05) is 0 Å². The van der Waals surface area contributed by atoms with Crippen LogP contribution in [0.1, 0.15) is 23.1 Å². The summed E-state index contributed by atoms with van der Waals surface area (Å²) >= 11 is 0.0831. The molecule has 1 unspecified atom stereocenters. The van der Waals surface area contributed by atoms with E-state index in [2.05, 4.69) is 13.2 Å². The molecular formula is C26H26F3I2N3O3. The second-order valence-corrected chi connectivity index (χ2v) is 14.6. The van der Waals surface area contributed by atoms with Gasteiger partial charge in [0.05, 0.1) is 0 Å². The fourth-order valence-electron chi connectivity index (χ4n) is 4.61. The molecule has 198 valence electrons. The van der Waals surface area contributed by atoms with Crippen molar-refractivity contribution in [1.29, 1.82) is 0 Å². The summed E-state index contributed by atoms with van der Waals surface area (Å²) < 4.78 is 52.1. The van der Waals surface area contributed by atoms with Gasteiger partial charge in [-0.25, -0.2) is 0 Å². The molecule has 37 heavy (non-hydrogen) atoms. The molecule has 1 heterocycles. The standard InChI is InChI=1S/C26H26F3I2N3O3/c1-31(6-8-35)13-18(14-32-30)17-10-20-12-23(22(11-17)19-15-33-34(16-19)7-9-36)21-4-2-3-5-24(21)25(20,37)26(27,28)29/h2-5,10-11,13-16,35-37H,6-9,12H2,1H3/b18-13+,32-14?. The number of alkyl halides is 5. The Labute approximate surface area is 233 Å². The van der Waals surface area contributed by atoms with Crippen LogP contribution in [0.25, 0.3) is 11.1 Å². The van der Waals surface area contributed by atoms with Crippen molar-refractivity contribution in [3.63, 3.8) is 0 Å². The van der Waals surface area contributed by atoms with Gasteiger partial charge in [-0.2, -0.15) is 0 Å². The number of aromatic nitrogens is 2. The van der Waals surface area contributed by atoms with Crippen LogP contribution < -0.4 is 0 Å². The van der Waals surface area contributed by atoms with Crippen molar-refractivity contribution in [2.24, 2.45) is 3.21 Å². The van der Waals surface area contributed by atoms with E-state index in [0.717, 1.165) is 0 Å². The number of benzene rings is 1. The number of aliphatic hydroxyl groups is 3. The summed E-state index contributed by atoms with van der Waals surface area (Å²) in [7, 11) is 0. The van der Waals surface area contributed by atoms with Crippen LogP contribution in [0.3, 0.4) is 0 Å². The second kappa shape index (κ2) is 11.5. The van der Waals surface area contributed by atoms with Crippen LogP contribution in [-0.4, -0.2) is 60.1 Å². The molecule has 0 fully saturated rings. The first-order valence-corrected chi connectivity index (χ1v) is 17.2. The Morgan fingerprint density at radius 1 is 1.24 bits per heavy atom. The van der Waals surface area contributed by atoms with Crippen LogP contribution in [-0.2, 0) is 12.1 Å². The molecule has 1 aromatic carbocycles. The third-order valence-electron chi connectivity index (χ3n) is 6.32. The molecule has 4 rings (SSSR count). The summed E-state index contributed by atoms with van der Waals surface area (Å²) in [6.45, 7) is 0.216. The molecule has 1 aromatic heterocycles. The molecule has 11 heteroatoms. The van der Waals surface area contributed by atoms with Gasteiger partial charge in [0.25, 0.3) is 0 Å². The van der Waals surface area contributed by atoms with Crippen molar-refractivity contribution in [3.8, 4) is 0 Å². The van der Waals surface area contributed by atoms with Crippen LogP contribution in [0.15, 0.2) is 72.8 Å². The molecule has 0 saturated carbocycles. The molecule has 1 atom stereocenters. The van der Waals surface area contributed by atoms with Gasteiger partial charge in [-0.3, -0.25) is 0 Å². The Morgan fingerprint density at radius 3 is 2.68 bits per heavy atom. The third-order valence-corrected chi connectivity index (χ3v) is 10.5. The fourth-order valence-corrected chi connectivity index (χ4v) is 7.65. The number of hydrogen-bond acceptors (Lipinski definition) is 5. The second-order valence-electron chi connectivity index (χ2n) is 8.65. The van der Waals surface area contributed by atoms with Crippen LogP contribution in [0.4, 0.5) is 13.2 Å². The molecular weight excluding hydrogens is 713 g/mol. The maximum absolute atomic E-state index is 14.6. The molecule has 0 amide bonds. The summed E-state index contributed by atoms with van der Waals surface area (Å²) in [6.07, 6.45) is 3.20. The fraction of sp³-hybridized carbons (Fsp3) is 0.308.